The summed E-state index contributed by atoms with van der Waals surface area (Å²) in [5.74, 6) is 0.557. The molecule has 0 saturated carbocycles. The maximum Gasteiger partial charge on any atom is 0.247 e. The lowest BCUT2D eigenvalue weighted by molar-refractivity contribution is -0.127. The molecule has 4 N–H and O–H groups in total. The molecule has 0 aliphatic carbocycles. The average Bonchev–Trinajstić information content (AvgIpc) is 3.15. The van der Waals surface area contributed by atoms with Gasteiger partial charge >= 0.3 is 0 Å². The number of piperidine rings is 2. The van der Waals surface area contributed by atoms with Gasteiger partial charge in [-0.05, 0) is 25.7 Å². The summed E-state index contributed by atoms with van der Waals surface area (Å²) in [6.45, 7) is 1.89. The maximum absolute atomic E-state index is 12.3. The van der Waals surface area contributed by atoms with E-state index in [0.29, 0.717) is 18.9 Å². The molecular formula is C16H26N4O5. The van der Waals surface area contributed by atoms with E-state index in [2.05, 4.69) is 15.2 Å². The first-order chi connectivity index (χ1) is 12.1. The molecule has 0 radical (unpaired) electrons. The van der Waals surface area contributed by atoms with Gasteiger partial charge in [-0.25, -0.2) is 4.99 Å². The van der Waals surface area contributed by atoms with Gasteiger partial charge in [0.15, 0.2) is 18.2 Å². The van der Waals surface area contributed by atoms with Gasteiger partial charge in [0.25, 0.3) is 0 Å². The van der Waals surface area contributed by atoms with Gasteiger partial charge in [-0.15, -0.1) is 0 Å². The fraction of sp³-hybridized carbons (Fsp3) is 0.875. The molecule has 25 heavy (non-hydrogen) atoms. The van der Waals surface area contributed by atoms with Crippen molar-refractivity contribution >= 4 is 11.9 Å². The van der Waals surface area contributed by atoms with E-state index in [4.69, 9.17) is 4.74 Å². The maximum atomic E-state index is 12.3. The lowest BCUT2D eigenvalue weighted by Crippen LogP contribution is -2.59. The van der Waals surface area contributed by atoms with Crippen molar-refractivity contribution in [3.05, 3.63) is 0 Å². The van der Waals surface area contributed by atoms with Crippen LogP contribution in [0.15, 0.2) is 4.99 Å². The first-order valence-electron chi connectivity index (χ1n) is 9.13. The Bertz CT molecular complexity index is 553. The second kappa shape index (κ2) is 6.71. The van der Waals surface area contributed by atoms with Crippen LogP contribution >= 0.6 is 0 Å². The summed E-state index contributed by atoms with van der Waals surface area (Å²) in [7, 11) is 0. The number of carbonyl (C=O) groups excluding carboxylic acids is 1. The van der Waals surface area contributed by atoms with Crippen LogP contribution in [0, 0.1) is 0 Å². The molecule has 9 heteroatoms. The highest BCUT2D eigenvalue weighted by Gasteiger charge is 2.53. The average molecular weight is 354 g/mol. The molecule has 1 amide bonds. The number of guanidine groups is 1. The fourth-order valence-electron chi connectivity index (χ4n) is 4.31. The van der Waals surface area contributed by atoms with Crippen LogP contribution in [0.1, 0.15) is 25.7 Å². The van der Waals surface area contributed by atoms with Crippen LogP contribution in [0.25, 0.3) is 0 Å². The van der Waals surface area contributed by atoms with Crippen molar-refractivity contribution in [1.29, 1.82) is 0 Å². The van der Waals surface area contributed by atoms with E-state index < -0.39 is 30.6 Å². The van der Waals surface area contributed by atoms with Crippen LogP contribution in [0.3, 0.4) is 0 Å². The van der Waals surface area contributed by atoms with Crippen molar-refractivity contribution < 1.29 is 24.9 Å². The van der Waals surface area contributed by atoms with E-state index in [0.717, 1.165) is 25.9 Å². The standard InChI is InChI=1S/C16H26N4O5/c21-8-10-12(22)13(23)15(25-10)20-9-4-5-17-14(24)11(9)18-16(20)19-6-2-1-3-7-19/h9-13,15,21-23H,1-8H2,(H,17,24)/t9-,10-,11+,12-,13+,15-/m1/s1. The third-order valence-electron chi connectivity index (χ3n) is 5.65. The van der Waals surface area contributed by atoms with E-state index in [-0.39, 0.29) is 18.6 Å². The first kappa shape index (κ1) is 17.0. The predicted molar refractivity (Wildman–Crippen MR) is 87.7 cm³/mol. The lowest BCUT2D eigenvalue weighted by atomic mass is 9.99. The molecule has 0 bridgehead atoms. The summed E-state index contributed by atoms with van der Waals surface area (Å²) in [6, 6.07) is -0.721. The molecule has 0 aromatic heterocycles. The minimum absolute atomic E-state index is 0.111. The second-order valence-electron chi connectivity index (χ2n) is 7.20. The fourth-order valence-corrected chi connectivity index (χ4v) is 4.31. The Morgan fingerprint density at radius 2 is 1.96 bits per heavy atom. The molecule has 0 unspecified atom stereocenters. The van der Waals surface area contributed by atoms with Crippen LogP contribution in [0.4, 0.5) is 0 Å². The van der Waals surface area contributed by atoms with Gasteiger partial charge in [0, 0.05) is 19.6 Å². The number of fused-ring (bicyclic) bond motifs is 1. The van der Waals surface area contributed by atoms with Crippen molar-refractivity contribution in [3.8, 4) is 0 Å². The Hall–Kier alpha value is -1.42. The quantitative estimate of drug-likeness (QED) is 0.446. The van der Waals surface area contributed by atoms with Gasteiger partial charge in [0.2, 0.25) is 5.91 Å². The van der Waals surface area contributed by atoms with E-state index in [1.165, 1.54) is 6.42 Å². The van der Waals surface area contributed by atoms with Gasteiger partial charge in [0.05, 0.1) is 12.6 Å². The minimum Gasteiger partial charge on any atom is -0.394 e. The molecular weight excluding hydrogens is 328 g/mol. The van der Waals surface area contributed by atoms with Gasteiger partial charge in [0.1, 0.15) is 18.3 Å². The van der Waals surface area contributed by atoms with Crippen LogP contribution in [-0.4, -0.2) is 99.9 Å². The Balaban J connectivity index is 1.65. The largest absolute Gasteiger partial charge is 0.394 e. The molecule has 3 fully saturated rings. The third kappa shape index (κ3) is 2.79. The molecule has 3 saturated heterocycles. The second-order valence-corrected chi connectivity index (χ2v) is 7.20. The van der Waals surface area contributed by atoms with E-state index >= 15 is 0 Å². The molecule has 0 aromatic rings. The van der Waals surface area contributed by atoms with Crippen LogP contribution in [-0.2, 0) is 9.53 Å². The zero-order valence-electron chi connectivity index (χ0n) is 14.1. The molecule has 4 aliphatic rings. The number of aliphatic hydroxyl groups is 3. The van der Waals surface area contributed by atoms with Crippen LogP contribution < -0.4 is 5.32 Å². The molecule has 140 valence electrons. The normalized spacial score (nSPS) is 41.6. The highest BCUT2D eigenvalue weighted by molar-refractivity contribution is 5.92. The number of hydrogen-bond acceptors (Lipinski definition) is 8. The molecule has 4 rings (SSSR count). The highest BCUT2D eigenvalue weighted by Crippen LogP contribution is 2.34. The van der Waals surface area contributed by atoms with Gasteiger partial charge in [-0.2, -0.15) is 0 Å². The van der Waals surface area contributed by atoms with Crippen molar-refractivity contribution in [1.82, 2.24) is 15.1 Å². The number of nitrogens with zero attached hydrogens (tertiary/aromatic N) is 3. The molecule has 9 nitrogen and oxygen atoms in total. The Kier molecular flexibility index (Phi) is 4.57. The molecule has 0 spiro atoms. The summed E-state index contributed by atoms with van der Waals surface area (Å²) in [6.07, 6.45) is 0.0291. The Morgan fingerprint density at radius 1 is 1.20 bits per heavy atom. The number of carbonyl (C=O) groups is 1. The number of ether oxygens (including phenoxy) is 1. The molecule has 4 heterocycles. The van der Waals surface area contributed by atoms with Crippen molar-refractivity contribution in [3.63, 3.8) is 0 Å². The van der Waals surface area contributed by atoms with Crippen molar-refractivity contribution in [2.75, 3.05) is 26.2 Å². The van der Waals surface area contributed by atoms with Crippen molar-refractivity contribution in [2.45, 2.75) is 62.3 Å². The molecule has 0 aromatic carbocycles. The smallest absolute Gasteiger partial charge is 0.247 e. The lowest BCUT2D eigenvalue weighted by Gasteiger charge is -2.41. The zero-order valence-corrected chi connectivity index (χ0v) is 14.1. The molecule has 6 atom stereocenters. The number of nitrogens with one attached hydrogen (secondary N) is 1. The summed E-state index contributed by atoms with van der Waals surface area (Å²) in [5.41, 5.74) is 0. The number of hydrogen-bond donors (Lipinski definition) is 4. The molecule has 4 aliphatic heterocycles. The SMILES string of the molecule is O=C1NCC[C@@H]2[C@@H]1N=C(N1CCCCC1)N2[C@@H]1O[C@H](CO)[C@@H](O)[C@@H]1O. The van der Waals surface area contributed by atoms with Crippen LogP contribution in [0.5, 0.6) is 0 Å². The highest BCUT2D eigenvalue weighted by atomic mass is 16.6. The number of aliphatic imine (C=N–C) groups is 1. The first-order valence-corrected chi connectivity index (χ1v) is 9.13. The Morgan fingerprint density at radius 3 is 2.64 bits per heavy atom. The van der Waals surface area contributed by atoms with E-state index in [1.54, 1.807) is 0 Å². The van der Waals surface area contributed by atoms with Gasteiger partial charge in [-0.1, -0.05) is 0 Å². The number of likely N-dealkylation sites (tertiary alicyclic amines) is 1. The van der Waals surface area contributed by atoms with Crippen LogP contribution in [0.2, 0.25) is 0 Å². The summed E-state index contributed by atoms with van der Waals surface area (Å²) in [5, 5.41) is 32.9. The summed E-state index contributed by atoms with van der Waals surface area (Å²) >= 11 is 0. The number of amides is 1. The number of aliphatic hydroxyl groups excluding tert-OH is 3. The van der Waals surface area contributed by atoms with E-state index in [1.807, 2.05) is 4.90 Å². The zero-order chi connectivity index (χ0) is 17.6. The van der Waals surface area contributed by atoms with Crippen molar-refractivity contribution in [2.24, 2.45) is 4.99 Å². The Labute approximate surface area is 146 Å². The third-order valence-corrected chi connectivity index (χ3v) is 5.65. The predicted octanol–water partition coefficient (Wildman–Crippen LogP) is -2.16. The van der Waals surface area contributed by atoms with Gasteiger partial charge < -0.3 is 35.2 Å². The summed E-state index contributed by atoms with van der Waals surface area (Å²) in [4.78, 5) is 21.0. The van der Waals surface area contributed by atoms with Gasteiger partial charge in [-0.3, -0.25) is 4.79 Å². The summed E-state index contributed by atoms with van der Waals surface area (Å²) < 4.78 is 5.76. The van der Waals surface area contributed by atoms with E-state index in [9.17, 15) is 20.1 Å². The topological polar surface area (TPSA) is 118 Å². The number of rotatable bonds is 2. The minimum atomic E-state index is -1.16. The monoisotopic (exact) mass is 354 g/mol.